The summed E-state index contributed by atoms with van der Waals surface area (Å²) < 4.78 is 1.09. The Kier molecular flexibility index (Phi) is 5.92. The Hall–Kier alpha value is -2.41. The Morgan fingerprint density at radius 2 is 1.96 bits per heavy atom. The highest BCUT2D eigenvalue weighted by Crippen LogP contribution is 2.21. The van der Waals surface area contributed by atoms with Crippen LogP contribution in [0.1, 0.15) is 30.6 Å². The second-order valence-corrected chi connectivity index (χ2v) is 6.89. The van der Waals surface area contributed by atoms with Gasteiger partial charge in [0.15, 0.2) is 0 Å². The van der Waals surface area contributed by atoms with E-state index < -0.39 is 17.9 Å². The van der Waals surface area contributed by atoms with Crippen LogP contribution in [0, 0.1) is 5.92 Å². The molecule has 0 bridgehead atoms. The van der Waals surface area contributed by atoms with Crippen LogP contribution in [0.5, 0.6) is 0 Å². The van der Waals surface area contributed by atoms with Crippen LogP contribution in [0.4, 0.5) is 0 Å². The summed E-state index contributed by atoms with van der Waals surface area (Å²) in [4.78, 5) is 35.1. The molecule has 2 aromatic rings. The summed E-state index contributed by atoms with van der Waals surface area (Å²) in [6.07, 6.45) is 0.337. The Labute approximate surface area is 143 Å². The van der Waals surface area contributed by atoms with Gasteiger partial charge in [-0.1, -0.05) is 13.8 Å². The van der Waals surface area contributed by atoms with E-state index in [9.17, 15) is 14.4 Å². The molecule has 0 saturated heterocycles. The van der Waals surface area contributed by atoms with Crippen LogP contribution in [0.3, 0.4) is 0 Å². The maximum absolute atomic E-state index is 12.1. The summed E-state index contributed by atoms with van der Waals surface area (Å²) in [6, 6.07) is 6.30. The van der Waals surface area contributed by atoms with Crippen molar-refractivity contribution in [3.63, 3.8) is 0 Å². The molecule has 24 heavy (non-hydrogen) atoms. The second-order valence-electron chi connectivity index (χ2n) is 5.94. The van der Waals surface area contributed by atoms with Crippen molar-refractivity contribution in [1.29, 1.82) is 0 Å². The standard InChI is InChI=1S/C17H20N2O4S/c1-10(2)7-13(17(22)23)19-15(20)9-18-16(21)12-3-4-14-11(8-12)5-6-24-14/h3-6,8,10,13H,7,9H2,1-2H3,(H,18,21)(H,19,20)(H,22,23)/t13-/m0/s1. The number of thiophene rings is 1. The fourth-order valence-electron chi connectivity index (χ4n) is 2.31. The molecule has 7 heteroatoms. The first kappa shape index (κ1) is 17.9. The lowest BCUT2D eigenvalue weighted by Gasteiger charge is -2.16. The van der Waals surface area contributed by atoms with Crippen molar-refractivity contribution >= 4 is 39.2 Å². The number of amides is 2. The van der Waals surface area contributed by atoms with Crippen molar-refractivity contribution in [2.75, 3.05) is 6.54 Å². The van der Waals surface area contributed by atoms with E-state index in [1.807, 2.05) is 31.4 Å². The van der Waals surface area contributed by atoms with Gasteiger partial charge in [-0.25, -0.2) is 4.79 Å². The second kappa shape index (κ2) is 7.92. The Bertz CT molecular complexity index is 754. The number of carbonyl (C=O) groups is 3. The molecule has 128 valence electrons. The smallest absolute Gasteiger partial charge is 0.326 e. The fourth-order valence-corrected chi connectivity index (χ4v) is 3.08. The molecule has 6 nitrogen and oxygen atoms in total. The van der Waals surface area contributed by atoms with Gasteiger partial charge in [0.1, 0.15) is 6.04 Å². The highest BCUT2D eigenvalue weighted by atomic mass is 32.1. The molecule has 0 aliphatic rings. The molecule has 2 amide bonds. The molecule has 3 N–H and O–H groups in total. The number of fused-ring (bicyclic) bond motifs is 1. The summed E-state index contributed by atoms with van der Waals surface area (Å²) in [5.74, 6) is -1.83. The lowest BCUT2D eigenvalue weighted by Crippen LogP contribution is -2.46. The molecular weight excluding hydrogens is 328 g/mol. The topological polar surface area (TPSA) is 95.5 Å². The van der Waals surface area contributed by atoms with E-state index >= 15 is 0 Å². The monoisotopic (exact) mass is 348 g/mol. The van der Waals surface area contributed by atoms with Crippen molar-refractivity contribution in [2.24, 2.45) is 5.92 Å². The molecule has 1 heterocycles. The molecule has 0 saturated carbocycles. The summed E-state index contributed by atoms with van der Waals surface area (Å²) in [5.41, 5.74) is 0.464. The van der Waals surface area contributed by atoms with Gasteiger partial charge in [0.2, 0.25) is 5.91 Å². The average molecular weight is 348 g/mol. The van der Waals surface area contributed by atoms with Crippen LogP contribution < -0.4 is 10.6 Å². The first-order chi connectivity index (χ1) is 11.4. The number of carbonyl (C=O) groups excluding carboxylic acids is 2. The molecule has 0 fully saturated rings. The number of carboxylic acid groups (broad SMARTS) is 1. The lowest BCUT2D eigenvalue weighted by molar-refractivity contribution is -0.142. The van der Waals surface area contributed by atoms with Gasteiger partial charge >= 0.3 is 5.97 Å². The van der Waals surface area contributed by atoms with E-state index in [2.05, 4.69) is 10.6 Å². The quantitative estimate of drug-likeness (QED) is 0.715. The first-order valence-corrected chi connectivity index (χ1v) is 8.52. The van der Waals surface area contributed by atoms with Crippen LogP contribution in [0.15, 0.2) is 29.6 Å². The van der Waals surface area contributed by atoms with E-state index in [4.69, 9.17) is 5.11 Å². The summed E-state index contributed by atoms with van der Waals surface area (Å²) in [6.45, 7) is 3.50. The van der Waals surface area contributed by atoms with Crippen molar-refractivity contribution < 1.29 is 19.5 Å². The molecule has 1 aromatic heterocycles. The predicted octanol–water partition coefficient (Wildman–Crippen LogP) is 2.25. The minimum absolute atomic E-state index is 0.137. The Balaban J connectivity index is 1.90. The highest BCUT2D eigenvalue weighted by molar-refractivity contribution is 7.17. The average Bonchev–Trinajstić information content (AvgIpc) is 2.98. The maximum Gasteiger partial charge on any atom is 0.326 e. The first-order valence-electron chi connectivity index (χ1n) is 7.64. The molecule has 1 atom stereocenters. The number of aliphatic carboxylic acids is 1. The molecule has 2 rings (SSSR count). The SMILES string of the molecule is CC(C)C[C@H](NC(=O)CNC(=O)c1ccc2sccc2c1)C(=O)O. The third-order valence-corrected chi connectivity index (χ3v) is 4.36. The van der Waals surface area contributed by atoms with Crippen LogP contribution in [0.25, 0.3) is 10.1 Å². The van der Waals surface area contributed by atoms with Crippen LogP contribution in [-0.2, 0) is 9.59 Å². The minimum atomic E-state index is -1.08. The van der Waals surface area contributed by atoms with Crippen LogP contribution in [-0.4, -0.2) is 35.5 Å². The van der Waals surface area contributed by atoms with Gasteiger partial charge in [-0.3, -0.25) is 9.59 Å². The van der Waals surface area contributed by atoms with Gasteiger partial charge in [0, 0.05) is 10.3 Å². The number of benzene rings is 1. The normalized spacial score (nSPS) is 12.1. The Morgan fingerprint density at radius 3 is 2.62 bits per heavy atom. The van der Waals surface area contributed by atoms with Crippen molar-refractivity contribution in [2.45, 2.75) is 26.3 Å². The van der Waals surface area contributed by atoms with E-state index in [1.165, 1.54) is 0 Å². The van der Waals surface area contributed by atoms with Gasteiger partial charge in [0.25, 0.3) is 5.91 Å². The zero-order valence-electron chi connectivity index (χ0n) is 13.5. The van der Waals surface area contributed by atoms with Gasteiger partial charge in [0.05, 0.1) is 6.54 Å². The minimum Gasteiger partial charge on any atom is -0.480 e. The zero-order valence-corrected chi connectivity index (χ0v) is 14.4. The molecule has 1 aromatic carbocycles. The van der Waals surface area contributed by atoms with Crippen molar-refractivity contribution in [3.8, 4) is 0 Å². The lowest BCUT2D eigenvalue weighted by atomic mass is 10.0. The number of hydrogen-bond donors (Lipinski definition) is 3. The molecule has 0 radical (unpaired) electrons. The number of carboxylic acids is 1. The van der Waals surface area contributed by atoms with E-state index in [0.29, 0.717) is 12.0 Å². The maximum atomic E-state index is 12.1. The highest BCUT2D eigenvalue weighted by Gasteiger charge is 2.21. The van der Waals surface area contributed by atoms with E-state index in [1.54, 1.807) is 23.5 Å². The fraction of sp³-hybridized carbons (Fsp3) is 0.353. The van der Waals surface area contributed by atoms with Gasteiger partial charge in [-0.2, -0.15) is 0 Å². The predicted molar refractivity (Wildman–Crippen MR) is 93.2 cm³/mol. The van der Waals surface area contributed by atoms with Gasteiger partial charge in [-0.05, 0) is 47.4 Å². The van der Waals surface area contributed by atoms with Crippen molar-refractivity contribution in [3.05, 3.63) is 35.2 Å². The third-order valence-electron chi connectivity index (χ3n) is 3.46. The number of nitrogens with one attached hydrogen (secondary N) is 2. The largest absolute Gasteiger partial charge is 0.480 e. The third kappa shape index (κ3) is 4.79. The number of hydrogen-bond acceptors (Lipinski definition) is 4. The summed E-state index contributed by atoms with van der Waals surface area (Å²) in [7, 11) is 0. The molecule has 0 aliphatic heterocycles. The van der Waals surface area contributed by atoms with Gasteiger partial charge < -0.3 is 15.7 Å². The Morgan fingerprint density at radius 1 is 1.21 bits per heavy atom. The van der Waals surface area contributed by atoms with Crippen LogP contribution >= 0.6 is 11.3 Å². The van der Waals surface area contributed by atoms with E-state index in [-0.39, 0.29) is 18.4 Å². The van der Waals surface area contributed by atoms with E-state index in [0.717, 1.165) is 10.1 Å². The number of rotatable bonds is 7. The molecule has 0 spiro atoms. The van der Waals surface area contributed by atoms with Crippen LogP contribution in [0.2, 0.25) is 0 Å². The summed E-state index contributed by atoms with van der Waals surface area (Å²) >= 11 is 1.59. The van der Waals surface area contributed by atoms with Crippen molar-refractivity contribution in [1.82, 2.24) is 10.6 Å². The zero-order chi connectivity index (χ0) is 17.7. The molecular formula is C17H20N2O4S. The van der Waals surface area contributed by atoms with Gasteiger partial charge in [-0.15, -0.1) is 11.3 Å². The molecule has 0 aliphatic carbocycles. The summed E-state index contributed by atoms with van der Waals surface area (Å²) in [5, 5.41) is 17.0. The molecule has 0 unspecified atom stereocenters.